The van der Waals surface area contributed by atoms with Gasteiger partial charge in [-0.2, -0.15) is 0 Å². The highest BCUT2D eigenvalue weighted by Gasteiger charge is 2.25. The Morgan fingerprint density at radius 2 is 1.64 bits per heavy atom. The van der Waals surface area contributed by atoms with Crippen LogP contribution in [0.15, 0.2) is 30.3 Å². The molecular weight excluding hydrogens is 354 g/mol. The molecule has 154 valence electrons. The smallest absolute Gasteiger partial charge is 0.409 e. The fourth-order valence-electron chi connectivity index (χ4n) is 4.11. The number of nitrogens with zero attached hydrogens (tertiary/aromatic N) is 3. The van der Waals surface area contributed by atoms with Crippen LogP contribution in [0.5, 0.6) is 0 Å². The average molecular weight is 388 g/mol. The highest BCUT2D eigenvalue weighted by molar-refractivity contribution is 5.76. The number of carbonyl (C=O) groups excluding carboxylic acids is 2. The second-order valence-corrected chi connectivity index (χ2v) is 7.79. The summed E-state index contributed by atoms with van der Waals surface area (Å²) in [6.45, 7) is 7.76. The van der Waals surface area contributed by atoms with Crippen molar-refractivity contribution < 1.29 is 14.3 Å². The average Bonchev–Trinajstić information content (AvgIpc) is 2.74. The van der Waals surface area contributed by atoms with Gasteiger partial charge in [-0.3, -0.25) is 9.69 Å². The summed E-state index contributed by atoms with van der Waals surface area (Å²) >= 11 is 0. The Balaban J connectivity index is 1.32. The first-order valence-corrected chi connectivity index (χ1v) is 10.6. The Morgan fingerprint density at radius 3 is 2.29 bits per heavy atom. The number of amides is 2. The van der Waals surface area contributed by atoms with Gasteiger partial charge in [0.1, 0.15) is 0 Å². The van der Waals surface area contributed by atoms with E-state index in [1.54, 1.807) is 4.90 Å². The van der Waals surface area contributed by atoms with E-state index in [2.05, 4.69) is 35.2 Å². The number of piperazine rings is 1. The maximum atomic E-state index is 12.6. The highest BCUT2D eigenvalue weighted by Crippen LogP contribution is 2.22. The Labute approximate surface area is 168 Å². The number of rotatable bonds is 6. The maximum Gasteiger partial charge on any atom is 0.409 e. The van der Waals surface area contributed by atoms with E-state index in [9.17, 15) is 9.59 Å². The number of likely N-dealkylation sites (tertiary alicyclic amines) is 1. The summed E-state index contributed by atoms with van der Waals surface area (Å²) < 4.78 is 5.05. The van der Waals surface area contributed by atoms with Gasteiger partial charge in [0.25, 0.3) is 0 Å². The summed E-state index contributed by atoms with van der Waals surface area (Å²) in [4.78, 5) is 30.4. The minimum atomic E-state index is -0.225. The van der Waals surface area contributed by atoms with Gasteiger partial charge in [0.05, 0.1) is 6.61 Å². The number of benzene rings is 1. The third kappa shape index (κ3) is 5.96. The van der Waals surface area contributed by atoms with Gasteiger partial charge in [-0.25, -0.2) is 4.79 Å². The molecule has 28 heavy (non-hydrogen) atoms. The zero-order chi connectivity index (χ0) is 19.8. The molecule has 0 spiro atoms. The van der Waals surface area contributed by atoms with Crippen LogP contribution in [0.2, 0.25) is 0 Å². The van der Waals surface area contributed by atoms with Crippen molar-refractivity contribution in [2.75, 3.05) is 52.4 Å². The Morgan fingerprint density at radius 1 is 0.964 bits per heavy atom. The second-order valence-electron chi connectivity index (χ2n) is 7.79. The van der Waals surface area contributed by atoms with Crippen molar-refractivity contribution in [2.45, 2.75) is 32.6 Å². The van der Waals surface area contributed by atoms with E-state index in [0.29, 0.717) is 32.0 Å². The van der Waals surface area contributed by atoms with Crippen LogP contribution in [0, 0.1) is 5.92 Å². The maximum absolute atomic E-state index is 12.6. The summed E-state index contributed by atoms with van der Waals surface area (Å²) in [7, 11) is 0. The predicted molar refractivity (Wildman–Crippen MR) is 109 cm³/mol. The summed E-state index contributed by atoms with van der Waals surface area (Å²) in [5, 5.41) is 0. The molecule has 2 heterocycles. The van der Waals surface area contributed by atoms with Crippen LogP contribution >= 0.6 is 0 Å². The quantitative estimate of drug-likeness (QED) is 0.753. The van der Waals surface area contributed by atoms with Gasteiger partial charge >= 0.3 is 6.09 Å². The molecule has 0 aliphatic carbocycles. The number of carbonyl (C=O) groups is 2. The van der Waals surface area contributed by atoms with Crippen molar-refractivity contribution in [3.8, 4) is 0 Å². The van der Waals surface area contributed by atoms with Crippen LogP contribution in [0.25, 0.3) is 0 Å². The van der Waals surface area contributed by atoms with E-state index in [1.807, 2.05) is 11.8 Å². The lowest BCUT2D eigenvalue weighted by Gasteiger charge is -2.35. The zero-order valence-corrected chi connectivity index (χ0v) is 17.0. The van der Waals surface area contributed by atoms with Crippen LogP contribution in [-0.4, -0.2) is 79.1 Å². The summed E-state index contributed by atoms with van der Waals surface area (Å²) in [5.74, 6) is 0.952. The molecule has 0 bridgehead atoms. The SMILES string of the molecule is CCOC(=O)N1CCN(CCC(=O)N2CCC(Cc3ccccc3)CC2)CC1. The Bertz CT molecular complexity index is 621. The van der Waals surface area contributed by atoms with Gasteiger partial charge in [0.2, 0.25) is 5.91 Å². The first-order chi connectivity index (χ1) is 13.7. The lowest BCUT2D eigenvalue weighted by molar-refractivity contribution is -0.133. The summed E-state index contributed by atoms with van der Waals surface area (Å²) in [6, 6.07) is 10.6. The predicted octanol–water partition coefficient (Wildman–Crippen LogP) is 2.63. The normalized spacial score (nSPS) is 18.9. The Kier molecular flexibility index (Phi) is 7.71. The van der Waals surface area contributed by atoms with Crippen molar-refractivity contribution in [1.29, 1.82) is 0 Å². The van der Waals surface area contributed by atoms with Crippen LogP contribution in [-0.2, 0) is 16.0 Å². The van der Waals surface area contributed by atoms with E-state index in [4.69, 9.17) is 4.74 Å². The molecule has 0 unspecified atom stereocenters. The zero-order valence-electron chi connectivity index (χ0n) is 17.0. The molecule has 1 aromatic carbocycles. The largest absolute Gasteiger partial charge is 0.450 e. The van der Waals surface area contributed by atoms with E-state index in [-0.39, 0.29) is 12.0 Å². The Hall–Kier alpha value is -2.08. The number of hydrogen-bond acceptors (Lipinski definition) is 4. The summed E-state index contributed by atoms with van der Waals surface area (Å²) in [5.41, 5.74) is 1.40. The van der Waals surface area contributed by atoms with E-state index in [1.165, 1.54) is 5.56 Å². The molecule has 6 nitrogen and oxygen atoms in total. The molecule has 1 aromatic rings. The van der Waals surface area contributed by atoms with Crippen LogP contribution in [0.1, 0.15) is 31.7 Å². The van der Waals surface area contributed by atoms with Crippen molar-refractivity contribution in [3.63, 3.8) is 0 Å². The second kappa shape index (κ2) is 10.5. The van der Waals surface area contributed by atoms with Gasteiger partial charge in [-0.1, -0.05) is 30.3 Å². The van der Waals surface area contributed by atoms with Gasteiger partial charge in [-0.15, -0.1) is 0 Å². The van der Waals surface area contributed by atoms with E-state index < -0.39 is 0 Å². The number of piperidine rings is 1. The monoisotopic (exact) mass is 387 g/mol. The first-order valence-electron chi connectivity index (χ1n) is 10.6. The van der Waals surface area contributed by atoms with Crippen LogP contribution in [0.4, 0.5) is 4.79 Å². The third-order valence-electron chi connectivity index (χ3n) is 5.87. The van der Waals surface area contributed by atoms with E-state index >= 15 is 0 Å². The minimum absolute atomic E-state index is 0.225. The molecular formula is C22H33N3O3. The fourth-order valence-corrected chi connectivity index (χ4v) is 4.11. The molecule has 0 radical (unpaired) electrons. The molecule has 0 N–H and O–H groups in total. The van der Waals surface area contributed by atoms with Crippen molar-refractivity contribution in [3.05, 3.63) is 35.9 Å². The lowest BCUT2D eigenvalue weighted by atomic mass is 9.90. The molecule has 2 amide bonds. The standard InChI is InChI=1S/C22H33N3O3/c1-2-28-22(27)25-16-14-23(15-17-25)11-10-21(26)24-12-8-20(9-13-24)18-19-6-4-3-5-7-19/h3-7,20H,2,8-18H2,1H3. The molecule has 2 fully saturated rings. The molecule has 0 saturated carbocycles. The molecule has 2 aliphatic heterocycles. The summed E-state index contributed by atoms with van der Waals surface area (Å²) in [6.07, 6.45) is 3.66. The fraction of sp³-hybridized carbons (Fsp3) is 0.636. The van der Waals surface area contributed by atoms with Crippen LogP contribution < -0.4 is 0 Å². The van der Waals surface area contributed by atoms with Crippen molar-refractivity contribution >= 4 is 12.0 Å². The number of ether oxygens (including phenoxy) is 1. The first kappa shape index (κ1) is 20.6. The van der Waals surface area contributed by atoms with E-state index in [0.717, 1.165) is 52.0 Å². The van der Waals surface area contributed by atoms with Crippen molar-refractivity contribution in [2.24, 2.45) is 5.92 Å². The lowest BCUT2D eigenvalue weighted by Crippen LogP contribution is -2.49. The molecule has 0 atom stereocenters. The van der Waals surface area contributed by atoms with Crippen molar-refractivity contribution in [1.82, 2.24) is 14.7 Å². The molecule has 3 rings (SSSR count). The molecule has 2 saturated heterocycles. The number of hydrogen-bond donors (Lipinski definition) is 0. The highest BCUT2D eigenvalue weighted by atomic mass is 16.6. The van der Waals surface area contributed by atoms with Gasteiger partial charge in [0.15, 0.2) is 0 Å². The van der Waals surface area contributed by atoms with Gasteiger partial charge in [0, 0.05) is 52.2 Å². The molecule has 6 heteroatoms. The molecule has 2 aliphatic rings. The van der Waals surface area contributed by atoms with Crippen LogP contribution in [0.3, 0.4) is 0 Å². The van der Waals surface area contributed by atoms with Gasteiger partial charge < -0.3 is 14.5 Å². The topological polar surface area (TPSA) is 53.1 Å². The third-order valence-corrected chi connectivity index (χ3v) is 5.87. The minimum Gasteiger partial charge on any atom is -0.450 e. The molecule has 0 aromatic heterocycles. The van der Waals surface area contributed by atoms with Gasteiger partial charge in [-0.05, 0) is 37.7 Å².